The van der Waals surface area contributed by atoms with Crippen molar-refractivity contribution in [1.82, 2.24) is 4.98 Å². The number of nitrogens with zero attached hydrogens (tertiary/aromatic N) is 3. The van der Waals surface area contributed by atoms with E-state index in [4.69, 9.17) is 16.3 Å². The summed E-state index contributed by atoms with van der Waals surface area (Å²) in [6.45, 7) is 0.375. The highest BCUT2D eigenvalue weighted by Crippen LogP contribution is 2.35. The molecule has 0 saturated carbocycles. The third-order valence-electron chi connectivity index (χ3n) is 4.62. The zero-order chi connectivity index (χ0) is 22.5. The molecule has 7 nitrogen and oxygen atoms in total. The molecule has 0 saturated heterocycles. The van der Waals surface area contributed by atoms with Gasteiger partial charge in [0.1, 0.15) is 18.6 Å². The Morgan fingerprint density at radius 3 is 2.72 bits per heavy atom. The van der Waals surface area contributed by atoms with Crippen molar-refractivity contribution in [3.05, 3.63) is 104 Å². The first-order chi connectivity index (χ1) is 15.5. The van der Waals surface area contributed by atoms with Crippen LogP contribution in [0.5, 0.6) is 5.75 Å². The molecular weight excluding hydrogens is 496 g/mol. The van der Waals surface area contributed by atoms with E-state index in [9.17, 15) is 10.1 Å². The summed E-state index contributed by atoms with van der Waals surface area (Å²) in [6, 6.07) is 20.6. The van der Waals surface area contributed by atoms with Crippen molar-refractivity contribution < 1.29 is 9.66 Å². The number of rotatable bonds is 7. The Morgan fingerprint density at radius 2 is 1.97 bits per heavy atom. The van der Waals surface area contributed by atoms with Crippen molar-refractivity contribution in [1.29, 1.82) is 0 Å². The number of nitro groups is 1. The van der Waals surface area contributed by atoms with Crippen LogP contribution in [0.2, 0.25) is 5.02 Å². The second kappa shape index (κ2) is 9.76. The van der Waals surface area contributed by atoms with E-state index in [1.165, 1.54) is 12.1 Å². The Bertz CT molecular complexity index is 1280. The van der Waals surface area contributed by atoms with E-state index in [0.717, 1.165) is 28.1 Å². The van der Waals surface area contributed by atoms with Gasteiger partial charge in [-0.1, -0.05) is 54.1 Å². The summed E-state index contributed by atoms with van der Waals surface area (Å²) >= 11 is 9.96. The maximum absolute atomic E-state index is 10.7. The fraction of sp³-hybridized carbons (Fsp3) is 0.0435. The monoisotopic (exact) mass is 510 g/mol. The number of pyridine rings is 1. The zero-order valence-corrected chi connectivity index (χ0v) is 18.9. The standard InChI is InChI=1S/C23H16BrClN4O3/c24-20-10-15(12-27-28-22-9-8-18(13-26-22)29(30)31)11-21(25)23(20)32-14-17-6-3-5-16-4-1-2-7-19(16)17/h1-13H,14H2,(H,26,28)/b27-12-. The van der Waals surface area contributed by atoms with Crippen LogP contribution in [0.1, 0.15) is 11.1 Å². The van der Waals surface area contributed by atoms with Crippen LogP contribution in [-0.2, 0) is 6.61 Å². The molecule has 1 heterocycles. The van der Waals surface area contributed by atoms with E-state index in [1.54, 1.807) is 12.3 Å². The van der Waals surface area contributed by atoms with Gasteiger partial charge in [0.05, 0.1) is 20.6 Å². The van der Waals surface area contributed by atoms with Crippen LogP contribution >= 0.6 is 27.5 Å². The van der Waals surface area contributed by atoms with E-state index in [-0.39, 0.29) is 5.69 Å². The first-order valence-electron chi connectivity index (χ1n) is 9.49. The number of nitrogens with one attached hydrogen (secondary N) is 1. The maximum atomic E-state index is 10.7. The summed E-state index contributed by atoms with van der Waals surface area (Å²) in [5.74, 6) is 0.925. The van der Waals surface area contributed by atoms with Crippen LogP contribution in [0.3, 0.4) is 0 Å². The summed E-state index contributed by atoms with van der Waals surface area (Å²) in [4.78, 5) is 14.1. The van der Waals surface area contributed by atoms with E-state index in [0.29, 0.717) is 27.7 Å². The highest BCUT2D eigenvalue weighted by atomic mass is 79.9. The molecule has 1 N–H and O–H groups in total. The number of anilines is 1. The van der Waals surface area contributed by atoms with E-state index in [2.05, 4.69) is 49.6 Å². The molecule has 9 heteroatoms. The van der Waals surface area contributed by atoms with Gasteiger partial charge in [-0.2, -0.15) is 5.10 Å². The molecule has 160 valence electrons. The number of benzene rings is 3. The molecule has 0 unspecified atom stereocenters. The molecule has 0 aliphatic carbocycles. The Balaban J connectivity index is 1.44. The van der Waals surface area contributed by atoms with E-state index < -0.39 is 4.92 Å². The highest BCUT2D eigenvalue weighted by Gasteiger charge is 2.10. The predicted octanol–water partition coefficient (Wildman–Crippen LogP) is 6.58. The van der Waals surface area contributed by atoms with Crippen LogP contribution in [0, 0.1) is 10.1 Å². The van der Waals surface area contributed by atoms with Gasteiger partial charge in [-0.3, -0.25) is 15.5 Å². The number of hydrogen-bond acceptors (Lipinski definition) is 6. The SMILES string of the molecule is O=[N+]([O-])c1ccc(N/N=C\c2cc(Cl)c(OCc3cccc4ccccc34)c(Br)c2)nc1. The minimum atomic E-state index is -0.510. The van der Waals surface area contributed by atoms with Crippen LogP contribution in [0.25, 0.3) is 10.8 Å². The molecule has 0 atom stereocenters. The third-order valence-corrected chi connectivity index (χ3v) is 5.49. The Hall–Kier alpha value is -3.49. The molecular formula is C23H16BrClN4O3. The lowest BCUT2D eigenvalue weighted by Crippen LogP contribution is -1.99. The minimum absolute atomic E-state index is 0.0886. The lowest BCUT2D eigenvalue weighted by atomic mass is 10.1. The molecule has 0 fully saturated rings. The predicted molar refractivity (Wildman–Crippen MR) is 130 cm³/mol. The summed E-state index contributed by atoms with van der Waals surface area (Å²) in [6.07, 6.45) is 2.72. The molecule has 0 spiro atoms. The Kier molecular flexibility index (Phi) is 6.63. The number of fused-ring (bicyclic) bond motifs is 1. The van der Waals surface area contributed by atoms with Gasteiger partial charge in [0, 0.05) is 6.07 Å². The average molecular weight is 512 g/mol. The molecule has 4 aromatic rings. The van der Waals surface area contributed by atoms with Crippen molar-refractivity contribution in [2.45, 2.75) is 6.61 Å². The van der Waals surface area contributed by atoms with Crippen molar-refractivity contribution >= 4 is 56.0 Å². The molecule has 3 aromatic carbocycles. The quantitative estimate of drug-likeness (QED) is 0.172. The first kappa shape index (κ1) is 21.7. The maximum Gasteiger partial charge on any atom is 0.287 e. The number of hydrazone groups is 1. The van der Waals surface area contributed by atoms with Crippen LogP contribution < -0.4 is 10.2 Å². The number of halogens is 2. The number of ether oxygens (including phenoxy) is 1. The summed E-state index contributed by atoms with van der Waals surface area (Å²) in [5, 5.41) is 17.5. The van der Waals surface area contributed by atoms with Gasteiger partial charge in [-0.15, -0.1) is 0 Å². The fourth-order valence-corrected chi connectivity index (χ4v) is 4.08. The minimum Gasteiger partial charge on any atom is -0.486 e. The van der Waals surface area contributed by atoms with Gasteiger partial charge in [0.2, 0.25) is 0 Å². The molecule has 0 aliphatic rings. The van der Waals surface area contributed by atoms with Gasteiger partial charge in [0.15, 0.2) is 5.75 Å². The van der Waals surface area contributed by atoms with Crippen LogP contribution in [-0.4, -0.2) is 16.1 Å². The van der Waals surface area contributed by atoms with E-state index in [1.807, 2.05) is 30.3 Å². The van der Waals surface area contributed by atoms with Gasteiger partial charge in [-0.25, -0.2) is 4.98 Å². The van der Waals surface area contributed by atoms with Gasteiger partial charge in [0.25, 0.3) is 5.69 Å². The number of hydrogen-bond donors (Lipinski definition) is 1. The molecule has 0 amide bonds. The lowest BCUT2D eigenvalue weighted by molar-refractivity contribution is -0.385. The van der Waals surface area contributed by atoms with E-state index >= 15 is 0 Å². The molecule has 0 radical (unpaired) electrons. The van der Waals surface area contributed by atoms with Crippen LogP contribution in [0.4, 0.5) is 11.5 Å². The summed E-state index contributed by atoms with van der Waals surface area (Å²) in [7, 11) is 0. The molecule has 0 bridgehead atoms. The number of aromatic nitrogens is 1. The molecule has 0 aliphatic heterocycles. The normalized spacial score (nSPS) is 11.1. The van der Waals surface area contributed by atoms with Crippen molar-refractivity contribution in [3.63, 3.8) is 0 Å². The average Bonchev–Trinajstić information content (AvgIpc) is 2.79. The second-order valence-corrected chi connectivity index (χ2v) is 8.03. The highest BCUT2D eigenvalue weighted by molar-refractivity contribution is 9.10. The van der Waals surface area contributed by atoms with Crippen molar-refractivity contribution in [2.75, 3.05) is 5.43 Å². The van der Waals surface area contributed by atoms with Crippen molar-refractivity contribution in [2.24, 2.45) is 5.10 Å². The molecule has 32 heavy (non-hydrogen) atoms. The second-order valence-electron chi connectivity index (χ2n) is 6.77. The van der Waals surface area contributed by atoms with Gasteiger partial charge in [-0.05, 0) is 56.0 Å². The lowest BCUT2D eigenvalue weighted by Gasteiger charge is -2.12. The fourth-order valence-electron chi connectivity index (χ4n) is 3.09. The van der Waals surface area contributed by atoms with Gasteiger partial charge < -0.3 is 4.74 Å². The van der Waals surface area contributed by atoms with Gasteiger partial charge >= 0.3 is 0 Å². The molecule has 1 aromatic heterocycles. The summed E-state index contributed by atoms with van der Waals surface area (Å²) < 4.78 is 6.71. The third kappa shape index (κ3) is 5.04. The largest absolute Gasteiger partial charge is 0.486 e. The zero-order valence-electron chi connectivity index (χ0n) is 16.5. The first-order valence-corrected chi connectivity index (χ1v) is 10.7. The smallest absolute Gasteiger partial charge is 0.287 e. The Labute approximate surface area is 197 Å². The topological polar surface area (TPSA) is 89.7 Å². The Morgan fingerprint density at radius 1 is 1.16 bits per heavy atom. The van der Waals surface area contributed by atoms with Crippen LogP contribution in [0.15, 0.2) is 82.5 Å². The van der Waals surface area contributed by atoms with Crippen molar-refractivity contribution in [3.8, 4) is 5.75 Å². The molecule has 4 rings (SSSR count). The summed E-state index contributed by atoms with van der Waals surface area (Å²) in [5.41, 5.74) is 4.43.